The standard InChI is InChI=1S/C14H13ClN2O2/c1-10-13(15)9-17(16-10)8-12-5-3-2-4-11(12)6-7-14(18)19/h2-7,9H,8H2,1H3,(H,18,19). The summed E-state index contributed by atoms with van der Waals surface area (Å²) >= 11 is 5.96. The Balaban J connectivity index is 2.27. The second kappa shape index (κ2) is 5.71. The minimum absolute atomic E-state index is 0.549. The van der Waals surface area contributed by atoms with Crippen LogP contribution in [0.1, 0.15) is 16.8 Å². The molecule has 1 heterocycles. The van der Waals surface area contributed by atoms with E-state index in [2.05, 4.69) is 5.10 Å². The van der Waals surface area contributed by atoms with Gasteiger partial charge in [0, 0.05) is 12.3 Å². The van der Waals surface area contributed by atoms with Crippen LogP contribution in [0, 0.1) is 6.92 Å². The first-order valence-corrected chi connectivity index (χ1v) is 6.12. The highest BCUT2D eigenvalue weighted by molar-refractivity contribution is 6.31. The number of aryl methyl sites for hydroxylation is 1. The Kier molecular flexibility index (Phi) is 4.02. The molecule has 2 rings (SSSR count). The van der Waals surface area contributed by atoms with E-state index in [1.807, 2.05) is 31.2 Å². The van der Waals surface area contributed by atoms with Crippen molar-refractivity contribution in [2.45, 2.75) is 13.5 Å². The number of hydrogen-bond donors (Lipinski definition) is 1. The molecule has 0 saturated carbocycles. The van der Waals surface area contributed by atoms with Gasteiger partial charge in [-0.3, -0.25) is 4.68 Å². The molecule has 0 bridgehead atoms. The van der Waals surface area contributed by atoms with Gasteiger partial charge >= 0.3 is 5.97 Å². The number of carboxylic acids is 1. The van der Waals surface area contributed by atoms with E-state index in [4.69, 9.17) is 16.7 Å². The third-order valence-electron chi connectivity index (χ3n) is 2.68. The zero-order valence-corrected chi connectivity index (χ0v) is 11.1. The van der Waals surface area contributed by atoms with Crippen molar-refractivity contribution in [3.05, 3.63) is 58.4 Å². The molecule has 0 aliphatic carbocycles. The lowest BCUT2D eigenvalue weighted by Gasteiger charge is -2.06. The molecule has 1 aromatic heterocycles. The predicted octanol–water partition coefficient (Wildman–Crippen LogP) is 2.99. The van der Waals surface area contributed by atoms with Gasteiger partial charge < -0.3 is 5.11 Å². The molecule has 4 nitrogen and oxygen atoms in total. The van der Waals surface area contributed by atoms with E-state index in [0.717, 1.165) is 22.9 Å². The van der Waals surface area contributed by atoms with E-state index in [-0.39, 0.29) is 0 Å². The fourth-order valence-electron chi connectivity index (χ4n) is 1.75. The first-order valence-electron chi connectivity index (χ1n) is 5.75. The molecule has 0 fully saturated rings. The van der Waals surface area contributed by atoms with E-state index in [1.54, 1.807) is 17.0 Å². The second-order valence-corrected chi connectivity index (χ2v) is 4.54. The minimum Gasteiger partial charge on any atom is -0.478 e. The van der Waals surface area contributed by atoms with Crippen LogP contribution in [0.25, 0.3) is 6.08 Å². The number of hydrogen-bond acceptors (Lipinski definition) is 2. The monoisotopic (exact) mass is 276 g/mol. The van der Waals surface area contributed by atoms with Gasteiger partial charge in [-0.2, -0.15) is 5.10 Å². The van der Waals surface area contributed by atoms with Gasteiger partial charge in [0.05, 0.1) is 17.3 Å². The summed E-state index contributed by atoms with van der Waals surface area (Å²) in [5.41, 5.74) is 2.62. The van der Waals surface area contributed by atoms with Crippen molar-refractivity contribution >= 4 is 23.6 Å². The zero-order valence-electron chi connectivity index (χ0n) is 10.4. The average molecular weight is 277 g/mol. The molecule has 0 aliphatic heterocycles. The highest BCUT2D eigenvalue weighted by Crippen LogP contribution is 2.16. The fourth-order valence-corrected chi connectivity index (χ4v) is 1.90. The summed E-state index contributed by atoms with van der Waals surface area (Å²) in [6.07, 6.45) is 4.46. The van der Waals surface area contributed by atoms with E-state index < -0.39 is 5.97 Å². The lowest BCUT2D eigenvalue weighted by atomic mass is 10.1. The smallest absolute Gasteiger partial charge is 0.328 e. The van der Waals surface area contributed by atoms with E-state index >= 15 is 0 Å². The largest absolute Gasteiger partial charge is 0.478 e. The van der Waals surface area contributed by atoms with Crippen LogP contribution >= 0.6 is 11.6 Å². The number of nitrogens with zero attached hydrogens (tertiary/aromatic N) is 2. The number of rotatable bonds is 4. The number of aromatic nitrogens is 2. The Morgan fingerprint density at radius 3 is 2.84 bits per heavy atom. The van der Waals surface area contributed by atoms with Crippen LogP contribution < -0.4 is 0 Å². The molecule has 1 N–H and O–H groups in total. The Bertz CT molecular complexity index is 613. The van der Waals surface area contributed by atoms with Crippen molar-refractivity contribution in [3.63, 3.8) is 0 Å². The normalized spacial score (nSPS) is 11.1. The van der Waals surface area contributed by atoms with Gasteiger partial charge in [0.2, 0.25) is 0 Å². The van der Waals surface area contributed by atoms with E-state index in [9.17, 15) is 4.79 Å². The summed E-state index contributed by atoms with van der Waals surface area (Å²) in [6, 6.07) is 7.58. The highest BCUT2D eigenvalue weighted by atomic mass is 35.5. The summed E-state index contributed by atoms with van der Waals surface area (Å²) in [6.45, 7) is 2.39. The van der Waals surface area contributed by atoms with Crippen LogP contribution in [0.4, 0.5) is 0 Å². The van der Waals surface area contributed by atoms with Crippen LogP contribution in [0.15, 0.2) is 36.5 Å². The van der Waals surface area contributed by atoms with Gasteiger partial charge in [-0.25, -0.2) is 4.79 Å². The van der Waals surface area contributed by atoms with Crippen molar-refractivity contribution in [3.8, 4) is 0 Å². The molecule has 0 spiro atoms. The molecule has 1 aromatic carbocycles. The van der Waals surface area contributed by atoms with Gasteiger partial charge in [0.1, 0.15) is 0 Å². The molecule has 0 aliphatic rings. The average Bonchev–Trinajstić information content (AvgIpc) is 2.67. The number of benzene rings is 1. The summed E-state index contributed by atoms with van der Waals surface area (Å²) in [5.74, 6) is -0.965. The molecule has 0 amide bonds. The minimum atomic E-state index is -0.965. The summed E-state index contributed by atoms with van der Waals surface area (Å²) in [4.78, 5) is 10.6. The topological polar surface area (TPSA) is 55.1 Å². The first kappa shape index (κ1) is 13.4. The van der Waals surface area contributed by atoms with E-state index in [1.165, 1.54) is 0 Å². The molecule has 0 radical (unpaired) electrons. The number of aliphatic carboxylic acids is 1. The number of halogens is 1. The maximum absolute atomic E-state index is 10.6. The Hall–Kier alpha value is -2.07. The lowest BCUT2D eigenvalue weighted by Crippen LogP contribution is -2.02. The first-order chi connectivity index (χ1) is 9.06. The van der Waals surface area contributed by atoms with Crippen molar-refractivity contribution < 1.29 is 9.90 Å². The van der Waals surface area contributed by atoms with Gasteiger partial charge in [-0.15, -0.1) is 0 Å². The van der Waals surface area contributed by atoms with Crippen molar-refractivity contribution in [1.29, 1.82) is 0 Å². The number of carbonyl (C=O) groups is 1. The molecule has 98 valence electrons. The quantitative estimate of drug-likeness (QED) is 0.874. The summed E-state index contributed by atoms with van der Waals surface area (Å²) in [7, 11) is 0. The molecule has 0 unspecified atom stereocenters. The Morgan fingerprint density at radius 2 is 2.21 bits per heavy atom. The summed E-state index contributed by atoms with van der Waals surface area (Å²) < 4.78 is 1.74. The third-order valence-corrected chi connectivity index (χ3v) is 3.05. The molecule has 19 heavy (non-hydrogen) atoms. The van der Waals surface area contributed by atoms with Crippen LogP contribution in [0.2, 0.25) is 5.02 Å². The van der Waals surface area contributed by atoms with Crippen molar-refractivity contribution in [2.75, 3.05) is 0 Å². The maximum atomic E-state index is 10.6. The van der Waals surface area contributed by atoms with Crippen molar-refractivity contribution in [1.82, 2.24) is 9.78 Å². The predicted molar refractivity (Wildman–Crippen MR) is 74.2 cm³/mol. The van der Waals surface area contributed by atoms with Crippen molar-refractivity contribution in [2.24, 2.45) is 0 Å². The summed E-state index contributed by atoms with van der Waals surface area (Å²) in [5, 5.41) is 13.6. The fraction of sp³-hybridized carbons (Fsp3) is 0.143. The molecule has 2 aromatic rings. The van der Waals surface area contributed by atoms with Gasteiger partial charge in [0.25, 0.3) is 0 Å². The highest BCUT2D eigenvalue weighted by Gasteiger charge is 2.05. The van der Waals surface area contributed by atoms with Crippen LogP contribution in [0.3, 0.4) is 0 Å². The molecule has 0 saturated heterocycles. The SMILES string of the molecule is Cc1nn(Cc2ccccc2C=CC(=O)O)cc1Cl. The maximum Gasteiger partial charge on any atom is 0.328 e. The Morgan fingerprint density at radius 1 is 1.47 bits per heavy atom. The second-order valence-electron chi connectivity index (χ2n) is 4.13. The van der Waals surface area contributed by atoms with Crippen LogP contribution in [-0.4, -0.2) is 20.9 Å². The number of carboxylic acid groups (broad SMARTS) is 1. The third kappa shape index (κ3) is 3.45. The lowest BCUT2D eigenvalue weighted by molar-refractivity contribution is -0.131. The molecular weight excluding hydrogens is 264 g/mol. The van der Waals surface area contributed by atoms with E-state index in [0.29, 0.717) is 11.6 Å². The van der Waals surface area contributed by atoms with Crippen LogP contribution in [0.5, 0.6) is 0 Å². The molecular formula is C14H13ClN2O2. The van der Waals surface area contributed by atoms with Gasteiger partial charge in [-0.05, 0) is 24.1 Å². The van der Waals surface area contributed by atoms with Gasteiger partial charge in [0.15, 0.2) is 0 Å². The molecule has 5 heteroatoms. The van der Waals surface area contributed by atoms with Crippen LogP contribution in [-0.2, 0) is 11.3 Å². The Labute approximate surface area is 115 Å². The zero-order chi connectivity index (χ0) is 13.8. The van der Waals surface area contributed by atoms with Gasteiger partial charge in [-0.1, -0.05) is 35.9 Å². The molecule has 0 atom stereocenters.